The summed E-state index contributed by atoms with van der Waals surface area (Å²) in [5.41, 5.74) is 0.285. The van der Waals surface area contributed by atoms with E-state index in [4.69, 9.17) is 9.16 Å². The van der Waals surface area contributed by atoms with E-state index < -0.39 is 44.0 Å². The topological polar surface area (TPSA) is 93.7 Å². The molecular weight excluding hydrogens is 419 g/mol. The van der Waals surface area contributed by atoms with Crippen LogP contribution in [-0.2, 0) is 30.0 Å². The van der Waals surface area contributed by atoms with Crippen LogP contribution in [0.4, 0.5) is 4.39 Å². The van der Waals surface area contributed by atoms with Crippen LogP contribution in [0.5, 0.6) is 0 Å². The zero-order valence-electron chi connectivity index (χ0n) is 19.5. The van der Waals surface area contributed by atoms with Gasteiger partial charge in [-0.2, -0.15) is 0 Å². The van der Waals surface area contributed by atoms with E-state index in [9.17, 15) is 18.8 Å². The van der Waals surface area contributed by atoms with Gasteiger partial charge >= 0.3 is 5.97 Å². The smallest absolute Gasteiger partial charge is 0.328 e. The fourth-order valence-electron chi connectivity index (χ4n) is 2.65. The van der Waals surface area contributed by atoms with Crippen molar-refractivity contribution in [3.8, 4) is 0 Å². The minimum absolute atomic E-state index is 0.00721. The van der Waals surface area contributed by atoms with E-state index in [1.807, 2.05) is 0 Å². The number of rotatable bonds is 10. The first-order valence-corrected chi connectivity index (χ1v) is 13.2. The highest BCUT2D eigenvalue weighted by Gasteiger charge is 2.37. The maximum atomic E-state index is 14.0. The lowest BCUT2D eigenvalue weighted by Crippen LogP contribution is -2.53. The number of nitrogens with one attached hydrogen (secondary N) is 2. The van der Waals surface area contributed by atoms with E-state index in [2.05, 4.69) is 44.5 Å². The van der Waals surface area contributed by atoms with Gasteiger partial charge in [-0.25, -0.2) is 9.18 Å². The number of carbonyl (C=O) groups is 3. The molecule has 174 valence electrons. The third-order valence-corrected chi connectivity index (χ3v) is 10.1. The van der Waals surface area contributed by atoms with Gasteiger partial charge in [-0.05, 0) is 29.8 Å². The molecule has 0 fully saturated rings. The number of benzene rings is 1. The second kappa shape index (κ2) is 11.4. The summed E-state index contributed by atoms with van der Waals surface area (Å²) < 4.78 is 25.0. The van der Waals surface area contributed by atoms with Gasteiger partial charge in [-0.3, -0.25) is 9.59 Å². The van der Waals surface area contributed by atoms with E-state index in [1.54, 1.807) is 18.2 Å². The predicted octanol–water partition coefficient (Wildman–Crippen LogP) is 2.94. The summed E-state index contributed by atoms with van der Waals surface area (Å²) >= 11 is 0. The first kappa shape index (κ1) is 26.8. The highest BCUT2D eigenvalue weighted by Crippen LogP contribution is 2.36. The molecule has 1 aromatic rings. The summed E-state index contributed by atoms with van der Waals surface area (Å²) in [6.45, 7) is 12.1. The second-order valence-corrected chi connectivity index (χ2v) is 13.8. The first-order valence-electron chi connectivity index (χ1n) is 10.3. The average molecular weight is 455 g/mol. The van der Waals surface area contributed by atoms with Gasteiger partial charge in [0.15, 0.2) is 8.32 Å². The van der Waals surface area contributed by atoms with Crippen LogP contribution in [0.2, 0.25) is 18.1 Å². The molecule has 31 heavy (non-hydrogen) atoms. The molecule has 7 nitrogen and oxygen atoms in total. The summed E-state index contributed by atoms with van der Waals surface area (Å²) in [6.07, 6.45) is 0.170. The number of methoxy groups -OCH3 is 1. The van der Waals surface area contributed by atoms with Crippen molar-refractivity contribution in [2.45, 2.75) is 70.8 Å². The molecule has 0 saturated carbocycles. The van der Waals surface area contributed by atoms with Crippen molar-refractivity contribution < 1.29 is 27.9 Å². The Bertz CT molecular complexity index is 779. The number of ether oxygens (including phenoxy) is 1. The lowest BCUT2D eigenvalue weighted by molar-refractivity contribution is -0.145. The number of hydrogen-bond acceptors (Lipinski definition) is 5. The Hall–Kier alpha value is -2.26. The standard InChI is InChI=1S/C22H35FN2O5Si/c1-15(26)24-19(14-16-10-8-9-11-17(16)23)20(27)25-18(21(28)29-5)12-13-30-31(6,7)22(2,3)4/h8-11,18-19H,12-14H2,1-7H3,(H,24,26)(H,25,27)/t18-,19-/m1/s1. The number of esters is 1. The molecule has 2 amide bonds. The normalized spacial score (nSPS) is 13.8. The van der Waals surface area contributed by atoms with Gasteiger partial charge < -0.3 is 19.8 Å². The molecule has 2 N–H and O–H groups in total. The summed E-state index contributed by atoms with van der Waals surface area (Å²) in [5, 5.41) is 5.15. The van der Waals surface area contributed by atoms with Crippen molar-refractivity contribution in [2.24, 2.45) is 0 Å². The molecule has 0 aromatic heterocycles. The van der Waals surface area contributed by atoms with Crippen molar-refractivity contribution in [3.63, 3.8) is 0 Å². The SMILES string of the molecule is COC(=O)[C@@H](CCO[Si](C)(C)C(C)(C)C)NC(=O)[C@@H](Cc1ccccc1F)NC(C)=O. The Morgan fingerprint density at radius 3 is 2.23 bits per heavy atom. The van der Waals surface area contributed by atoms with E-state index in [-0.39, 0.29) is 30.1 Å². The quantitative estimate of drug-likeness (QED) is 0.419. The monoisotopic (exact) mass is 454 g/mol. The lowest BCUT2D eigenvalue weighted by Gasteiger charge is -2.36. The molecule has 0 spiro atoms. The molecule has 0 saturated heterocycles. The Labute approximate surface area is 185 Å². The number of halogens is 1. The molecule has 0 heterocycles. The van der Waals surface area contributed by atoms with Gasteiger partial charge in [-0.1, -0.05) is 39.0 Å². The Balaban J connectivity index is 2.89. The highest BCUT2D eigenvalue weighted by molar-refractivity contribution is 6.74. The van der Waals surface area contributed by atoms with E-state index in [0.29, 0.717) is 0 Å². The third kappa shape index (κ3) is 8.41. The molecule has 0 aliphatic rings. The molecule has 0 unspecified atom stereocenters. The number of carbonyl (C=O) groups excluding carboxylic acids is 3. The molecule has 1 aromatic carbocycles. The van der Waals surface area contributed by atoms with Gasteiger partial charge in [0, 0.05) is 26.4 Å². The van der Waals surface area contributed by atoms with Gasteiger partial charge in [-0.15, -0.1) is 0 Å². The Morgan fingerprint density at radius 2 is 1.71 bits per heavy atom. The van der Waals surface area contributed by atoms with Gasteiger partial charge in [0.05, 0.1) is 7.11 Å². The van der Waals surface area contributed by atoms with Crippen LogP contribution in [0.15, 0.2) is 24.3 Å². The van der Waals surface area contributed by atoms with Crippen LogP contribution in [0.3, 0.4) is 0 Å². The van der Waals surface area contributed by atoms with Crippen molar-refractivity contribution >= 4 is 26.1 Å². The van der Waals surface area contributed by atoms with Crippen LogP contribution >= 0.6 is 0 Å². The van der Waals surface area contributed by atoms with Crippen molar-refractivity contribution in [1.82, 2.24) is 10.6 Å². The molecule has 2 atom stereocenters. The minimum Gasteiger partial charge on any atom is -0.467 e. The molecule has 9 heteroatoms. The molecule has 1 rings (SSSR count). The third-order valence-electron chi connectivity index (χ3n) is 5.55. The summed E-state index contributed by atoms with van der Waals surface area (Å²) in [7, 11) is -0.784. The first-order chi connectivity index (χ1) is 14.3. The average Bonchev–Trinajstić information content (AvgIpc) is 2.66. The molecule has 0 aliphatic carbocycles. The maximum absolute atomic E-state index is 14.0. The van der Waals surface area contributed by atoms with Crippen molar-refractivity contribution in [1.29, 1.82) is 0 Å². The molecule has 0 radical (unpaired) electrons. The zero-order valence-corrected chi connectivity index (χ0v) is 20.5. The molecule has 0 aliphatic heterocycles. The summed E-state index contributed by atoms with van der Waals surface area (Å²) in [4.78, 5) is 36.7. The summed E-state index contributed by atoms with van der Waals surface area (Å²) in [5.74, 6) is -2.12. The van der Waals surface area contributed by atoms with E-state index in [1.165, 1.54) is 20.1 Å². The van der Waals surface area contributed by atoms with Gasteiger partial charge in [0.2, 0.25) is 11.8 Å². The van der Waals surface area contributed by atoms with E-state index >= 15 is 0 Å². The number of amides is 2. The van der Waals surface area contributed by atoms with Gasteiger partial charge in [0.25, 0.3) is 0 Å². The van der Waals surface area contributed by atoms with Gasteiger partial charge in [0.1, 0.15) is 17.9 Å². The van der Waals surface area contributed by atoms with Crippen LogP contribution in [0.1, 0.15) is 39.7 Å². The Kier molecular flexibility index (Phi) is 9.83. The van der Waals surface area contributed by atoms with Crippen molar-refractivity contribution in [3.05, 3.63) is 35.6 Å². The largest absolute Gasteiger partial charge is 0.467 e. The Morgan fingerprint density at radius 1 is 1.10 bits per heavy atom. The van der Waals surface area contributed by atoms with Crippen LogP contribution in [0, 0.1) is 5.82 Å². The minimum atomic E-state index is -2.02. The fourth-order valence-corrected chi connectivity index (χ4v) is 3.71. The van der Waals surface area contributed by atoms with E-state index in [0.717, 1.165) is 0 Å². The number of hydrogen-bond donors (Lipinski definition) is 2. The molecular formula is C22H35FN2O5Si. The van der Waals surface area contributed by atoms with Crippen LogP contribution < -0.4 is 10.6 Å². The second-order valence-electron chi connectivity index (χ2n) is 9.03. The van der Waals surface area contributed by atoms with Crippen molar-refractivity contribution in [2.75, 3.05) is 13.7 Å². The highest BCUT2D eigenvalue weighted by atomic mass is 28.4. The fraction of sp³-hybridized carbons (Fsp3) is 0.591. The summed E-state index contributed by atoms with van der Waals surface area (Å²) in [6, 6.07) is 4.04. The zero-order chi connectivity index (χ0) is 23.8. The lowest BCUT2D eigenvalue weighted by atomic mass is 10.0. The van der Waals surface area contributed by atoms with Crippen LogP contribution in [0.25, 0.3) is 0 Å². The maximum Gasteiger partial charge on any atom is 0.328 e. The van der Waals surface area contributed by atoms with Crippen LogP contribution in [-0.4, -0.2) is 51.9 Å². The molecule has 0 bridgehead atoms. The predicted molar refractivity (Wildman–Crippen MR) is 119 cm³/mol.